The maximum absolute atomic E-state index is 11.2. The summed E-state index contributed by atoms with van der Waals surface area (Å²) in [5.74, 6) is 0.195. The van der Waals surface area contributed by atoms with Crippen LogP contribution in [0.5, 0.6) is 0 Å². The zero-order valence-electron chi connectivity index (χ0n) is 9.11. The first kappa shape index (κ1) is 12.0. The van der Waals surface area contributed by atoms with E-state index < -0.39 is 6.10 Å². The molecule has 1 atom stereocenters. The number of aliphatic hydroxyl groups excluding tert-OH is 1. The van der Waals surface area contributed by atoms with E-state index in [2.05, 4.69) is 10.3 Å². The summed E-state index contributed by atoms with van der Waals surface area (Å²) in [7, 11) is 0. The van der Waals surface area contributed by atoms with Gasteiger partial charge in [-0.3, -0.25) is 4.79 Å². The van der Waals surface area contributed by atoms with E-state index in [9.17, 15) is 9.90 Å². The summed E-state index contributed by atoms with van der Waals surface area (Å²) in [4.78, 5) is 13.8. The lowest BCUT2D eigenvalue weighted by Gasteiger charge is -2.10. The van der Waals surface area contributed by atoms with Gasteiger partial charge in [0.1, 0.15) is 0 Å². The third kappa shape index (κ3) is 2.99. The number of rotatable bonds is 4. The van der Waals surface area contributed by atoms with E-state index in [1.54, 1.807) is 12.3 Å². The molecule has 0 saturated carbocycles. The molecule has 0 aliphatic rings. The molecule has 2 aromatic rings. The smallest absolute Gasteiger partial charge is 0.248 e. The van der Waals surface area contributed by atoms with Crippen LogP contribution in [0.4, 0.5) is 5.69 Å². The fraction of sp³-hybridized carbons (Fsp3) is 0.250. The molecule has 0 spiro atoms. The lowest BCUT2D eigenvalue weighted by atomic mass is 10.1. The number of nitrogens with one attached hydrogen (secondary N) is 2. The molecule has 0 bridgehead atoms. The summed E-state index contributed by atoms with van der Waals surface area (Å²) in [6.07, 6.45) is 1.10. The van der Waals surface area contributed by atoms with Gasteiger partial charge in [0, 0.05) is 24.5 Å². The first-order chi connectivity index (χ1) is 8.19. The molecule has 0 radical (unpaired) electrons. The molecule has 1 heterocycles. The van der Waals surface area contributed by atoms with Crippen molar-refractivity contribution in [2.75, 3.05) is 17.7 Å². The second kappa shape index (κ2) is 5.21. The van der Waals surface area contributed by atoms with E-state index in [-0.39, 0.29) is 11.4 Å². The Labute approximate surface area is 103 Å². The number of alkyl halides is 1. The van der Waals surface area contributed by atoms with Gasteiger partial charge in [-0.1, -0.05) is 6.07 Å². The molecule has 90 valence electrons. The Bertz CT molecular complexity index is 568. The van der Waals surface area contributed by atoms with Crippen molar-refractivity contribution in [3.8, 4) is 0 Å². The first-order valence-electron chi connectivity index (χ1n) is 5.29. The number of aliphatic hydroxyl groups is 1. The molecule has 5 heteroatoms. The van der Waals surface area contributed by atoms with Gasteiger partial charge in [-0.25, -0.2) is 0 Å². The number of fused-ring (bicyclic) bond motifs is 1. The average Bonchev–Trinajstić information content (AvgIpc) is 2.35. The number of benzene rings is 1. The first-order valence-corrected chi connectivity index (χ1v) is 5.83. The highest BCUT2D eigenvalue weighted by atomic mass is 35.5. The molecule has 1 unspecified atom stereocenters. The summed E-state index contributed by atoms with van der Waals surface area (Å²) in [6, 6.07) is 7.20. The number of pyridine rings is 1. The van der Waals surface area contributed by atoms with Crippen LogP contribution in [0.15, 0.2) is 35.3 Å². The predicted molar refractivity (Wildman–Crippen MR) is 69.8 cm³/mol. The lowest BCUT2D eigenvalue weighted by molar-refractivity contribution is 0.211. The molecule has 0 saturated heterocycles. The second-order valence-corrected chi connectivity index (χ2v) is 4.14. The third-order valence-electron chi connectivity index (χ3n) is 2.46. The minimum absolute atomic E-state index is 0.129. The van der Waals surface area contributed by atoms with Gasteiger partial charge < -0.3 is 15.4 Å². The average molecular weight is 253 g/mol. The van der Waals surface area contributed by atoms with E-state index >= 15 is 0 Å². The Morgan fingerprint density at radius 2 is 2.18 bits per heavy atom. The lowest BCUT2D eigenvalue weighted by Crippen LogP contribution is -2.20. The molecule has 0 fully saturated rings. The molecule has 2 rings (SSSR count). The van der Waals surface area contributed by atoms with Gasteiger partial charge in [-0.2, -0.15) is 0 Å². The highest BCUT2D eigenvalue weighted by Crippen LogP contribution is 2.16. The zero-order valence-corrected chi connectivity index (χ0v) is 9.87. The molecule has 0 aliphatic heterocycles. The normalized spacial score (nSPS) is 12.6. The largest absolute Gasteiger partial charge is 0.390 e. The SMILES string of the molecule is O=c1cc2cc(NCC(O)CCl)ccc2c[nH]1. The minimum Gasteiger partial charge on any atom is -0.390 e. The standard InChI is InChI=1S/C12H13ClN2O2/c13-5-11(16)7-14-10-2-1-8-6-15-12(17)4-9(8)3-10/h1-4,6,11,14,16H,5,7H2,(H,15,17). The number of H-pyrrole nitrogens is 1. The Morgan fingerprint density at radius 1 is 1.35 bits per heavy atom. The van der Waals surface area contributed by atoms with Crippen LogP contribution in [0.25, 0.3) is 10.8 Å². The van der Waals surface area contributed by atoms with Crippen molar-refractivity contribution in [1.29, 1.82) is 0 Å². The van der Waals surface area contributed by atoms with Crippen LogP contribution in [0.2, 0.25) is 0 Å². The van der Waals surface area contributed by atoms with Crippen LogP contribution in [0.1, 0.15) is 0 Å². The number of aromatic nitrogens is 1. The topological polar surface area (TPSA) is 65.1 Å². The molecular formula is C12H13ClN2O2. The fourth-order valence-electron chi connectivity index (χ4n) is 1.56. The van der Waals surface area contributed by atoms with Crippen molar-refractivity contribution >= 4 is 28.1 Å². The van der Waals surface area contributed by atoms with Crippen molar-refractivity contribution < 1.29 is 5.11 Å². The maximum atomic E-state index is 11.2. The molecule has 4 nitrogen and oxygen atoms in total. The Balaban J connectivity index is 2.22. The molecular weight excluding hydrogens is 240 g/mol. The fourth-order valence-corrected chi connectivity index (χ4v) is 1.67. The minimum atomic E-state index is -0.577. The van der Waals surface area contributed by atoms with E-state index in [0.29, 0.717) is 6.54 Å². The van der Waals surface area contributed by atoms with Crippen LogP contribution in [0.3, 0.4) is 0 Å². The number of halogens is 1. The van der Waals surface area contributed by atoms with Crippen molar-refractivity contribution in [2.24, 2.45) is 0 Å². The summed E-state index contributed by atoms with van der Waals surface area (Å²) >= 11 is 5.50. The monoisotopic (exact) mass is 252 g/mol. The van der Waals surface area contributed by atoms with Crippen LogP contribution in [-0.2, 0) is 0 Å². The summed E-state index contributed by atoms with van der Waals surface area (Å²) in [5, 5.41) is 14.2. The molecule has 1 aromatic carbocycles. The number of aromatic amines is 1. The van der Waals surface area contributed by atoms with Crippen LogP contribution in [0, 0.1) is 0 Å². The third-order valence-corrected chi connectivity index (χ3v) is 2.82. The quantitative estimate of drug-likeness (QED) is 0.724. The van der Waals surface area contributed by atoms with Gasteiger partial charge in [0.2, 0.25) is 5.56 Å². The Morgan fingerprint density at radius 3 is 2.94 bits per heavy atom. The van der Waals surface area contributed by atoms with Gasteiger partial charge in [0.15, 0.2) is 0 Å². The molecule has 0 amide bonds. The van der Waals surface area contributed by atoms with Gasteiger partial charge in [0.05, 0.1) is 12.0 Å². The van der Waals surface area contributed by atoms with Crippen molar-refractivity contribution in [2.45, 2.75) is 6.10 Å². The number of anilines is 1. The Kier molecular flexibility index (Phi) is 3.66. The summed E-state index contributed by atoms with van der Waals surface area (Å²) < 4.78 is 0. The van der Waals surface area contributed by atoms with Crippen LogP contribution < -0.4 is 10.9 Å². The number of hydrogen-bond donors (Lipinski definition) is 3. The van der Waals surface area contributed by atoms with Gasteiger partial charge >= 0.3 is 0 Å². The van der Waals surface area contributed by atoms with Gasteiger partial charge in [-0.05, 0) is 22.9 Å². The maximum Gasteiger partial charge on any atom is 0.248 e. The van der Waals surface area contributed by atoms with E-state index in [1.807, 2.05) is 18.2 Å². The molecule has 1 aromatic heterocycles. The van der Waals surface area contributed by atoms with Crippen molar-refractivity contribution in [3.05, 3.63) is 40.8 Å². The molecule has 17 heavy (non-hydrogen) atoms. The van der Waals surface area contributed by atoms with Gasteiger partial charge in [0.25, 0.3) is 0 Å². The summed E-state index contributed by atoms with van der Waals surface area (Å²) in [5.41, 5.74) is 0.725. The van der Waals surface area contributed by atoms with E-state index in [4.69, 9.17) is 11.6 Å². The summed E-state index contributed by atoms with van der Waals surface area (Å²) in [6.45, 7) is 0.387. The van der Waals surface area contributed by atoms with Crippen LogP contribution in [-0.4, -0.2) is 28.6 Å². The molecule has 0 aliphatic carbocycles. The zero-order chi connectivity index (χ0) is 12.3. The predicted octanol–water partition coefficient (Wildman–Crippen LogP) is 1.54. The van der Waals surface area contributed by atoms with Crippen LogP contribution >= 0.6 is 11.6 Å². The molecule has 3 N–H and O–H groups in total. The second-order valence-electron chi connectivity index (χ2n) is 3.83. The van der Waals surface area contributed by atoms with E-state index in [1.165, 1.54) is 0 Å². The highest BCUT2D eigenvalue weighted by Gasteiger charge is 2.02. The van der Waals surface area contributed by atoms with Crippen molar-refractivity contribution in [1.82, 2.24) is 4.98 Å². The Hall–Kier alpha value is -1.52. The van der Waals surface area contributed by atoms with Gasteiger partial charge in [-0.15, -0.1) is 11.6 Å². The van der Waals surface area contributed by atoms with Crippen molar-refractivity contribution in [3.63, 3.8) is 0 Å². The highest BCUT2D eigenvalue weighted by molar-refractivity contribution is 6.18. The van der Waals surface area contributed by atoms with E-state index in [0.717, 1.165) is 16.5 Å². The number of hydrogen-bond acceptors (Lipinski definition) is 3.